The average molecular weight is 594 g/mol. The molecule has 5 aromatic rings. The first-order valence-corrected chi connectivity index (χ1v) is 15.1. The summed E-state index contributed by atoms with van der Waals surface area (Å²) in [6.07, 6.45) is 1.72. The molecule has 5 rings (SSSR count). The van der Waals surface area contributed by atoms with E-state index >= 15 is 0 Å². The summed E-state index contributed by atoms with van der Waals surface area (Å²) in [6, 6.07) is 12.6. The van der Waals surface area contributed by atoms with E-state index < -0.39 is 33.0 Å². The monoisotopic (exact) mass is 593 g/mol. The van der Waals surface area contributed by atoms with Crippen molar-refractivity contribution < 1.29 is 12.8 Å². The molecule has 0 aliphatic carbocycles. The fourth-order valence-corrected chi connectivity index (χ4v) is 6.17. The van der Waals surface area contributed by atoms with Crippen molar-refractivity contribution >= 4 is 26.9 Å². The minimum atomic E-state index is -3.93. The Kier molecular flexibility index (Phi) is 7.87. The number of hydrogen-bond donors (Lipinski definition) is 3. The van der Waals surface area contributed by atoms with E-state index in [0.29, 0.717) is 47.0 Å². The average Bonchev–Trinajstić information content (AvgIpc) is 3.49. The molecule has 13 heteroatoms. The lowest BCUT2D eigenvalue weighted by Crippen LogP contribution is -2.30. The molecule has 220 valence electrons. The molecule has 0 fully saturated rings. The van der Waals surface area contributed by atoms with Crippen molar-refractivity contribution in [2.45, 2.75) is 57.4 Å². The molecule has 3 heterocycles. The van der Waals surface area contributed by atoms with Gasteiger partial charge < -0.3 is 4.98 Å². The van der Waals surface area contributed by atoms with Gasteiger partial charge in [-0.05, 0) is 56.0 Å². The molecule has 42 heavy (non-hydrogen) atoms. The summed E-state index contributed by atoms with van der Waals surface area (Å²) in [6.45, 7) is 5.86. The van der Waals surface area contributed by atoms with Crippen LogP contribution in [0.4, 0.5) is 10.1 Å². The molecule has 0 saturated carbocycles. The third-order valence-electron chi connectivity index (χ3n) is 7.44. The molecule has 1 atom stereocenters. The lowest BCUT2D eigenvalue weighted by atomic mass is 9.91. The molecule has 0 aliphatic heterocycles. The lowest BCUT2D eigenvalue weighted by Gasteiger charge is -2.17. The van der Waals surface area contributed by atoms with E-state index in [1.54, 1.807) is 55.9 Å². The first-order valence-electron chi connectivity index (χ1n) is 13.6. The Morgan fingerprint density at radius 2 is 1.76 bits per heavy atom. The highest BCUT2D eigenvalue weighted by atomic mass is 32.2. The van der Waals surface area contributed by atoms with Gasteiger partial charge in [-0.2, -0.15) is 5.10 Å². The number of H-pyrrole nitrogens is 2. The van der Waals surface area contributed by atoms with Gasteiger partial charge in [0.25, 0.3) is 15.6 Å². The van der Waals surface area contributed by atoms with Crippen LogP contribution in [-0.2, 0) is 30.0 Å². The third-order valence-corrected chi connectivity index (χ3v) is 8.80. The van der Waals surface area contributed by atoms with Crippen LogP contribution in [0.25, 0.3) is 11.2 Å². The summed E-state index contributed by atoms with van der Waals surface area (Å²) in [5.41, 5.74) is 1.92. The number of aryl methyl sites for hydroxylation is 3. The third kappa shape index (κ3) is 5.51. The van der Waals surface area contributed by atoms with E-state index in [9.17, 15) is 22.4 Å². The highest BCUT2D eigenvalue weighted by Gasteiger charge is 2.25. The van der Waals surface area contributed by atoms with Crippen molar-refractivity contribution in [3.8, 4) is 0 Å². The van der Waals surface area contributed by atoms with Crippen molar-refractivity contribution in [3.63, 3.8) is 0 Å². The van der Waals surface area contributed by atoms with Crippen LogP contribution in [0.2, 0.25) is 0 Å². The van der Waals surface area contributed by atoms with Gasteiger partial charge in [-0.3, -0.25) is 23.7 Å². The molecule has 0 spiro atoms. The summed E-state index contributed by atoms with van der Waals surface area (Å²) in [5, 5.41) is 4.26. The zero-order valence-corrected chi connectivity index (χ0v) is 24.5. The second-order valence-corrected chi connectivity index (χ2v) is 12.0. The molecule has 3 aromatic heterocycles. The molecule has 0 saturated heterocycles. The van der Waals surface area contributed by atoms with Crippen LogP contribution in [0, 0.1) is 19.7 Å². The van der Waals surface area contributed by atoms with Gasteiger partial charge in [-0.15, -0.1) is 0 Å². The number of hydrogen-bond acceptors (Lipinski definition) is 6. The number of benzene rings is 2. The fourth-order valence-electron chi connectivity index (χ4n) is 5.00. The van der Waals surface area contributed by atoms with Gasteiger partial charge in [0.2, 0.25) is 0 Å². The molecule has 11 nitrogen and oxygen atoms in total. The van der Waals surface area contributed by atoms with E-state index in [4.69, 9.17) is 0 Å². The highest BCUT2D eigenvalue weighted by Crippen LogP contribution is 2.30. The minimum absolute atomic E-state index is 0.0352. The van der Waals surface area contributed by atoms with Gasteiger partial charge in [0.1, 0.15) is 17.2 Å². The smallest absolute Gasteiger partial charge is 0.330 e. The van der Waals surface area contributed by atoms with Crippen molar-refractivity contribution in [1.29, 1.82) is 0 Å². The first kappa shape index (κ1) is 29.0. The van der Waals surface area contributed by atoms with Crippen molar-refractivity contribution in [1.82, 2.24) is 29.3 Å². The van der Waals surface area contributed by atoms with Crippen LogP contribution < -0.4 is 16.0 Å². The maximum Gasteiger partial charge on any atom is 0.330 e. The minimum Gasteiger partial charge on any atom is -0.336 e. The number of anilines is 1. The summed E-state index contributed by atoms with van der Waals surface area (Å²) < 4.78 is 46.9. The van der Waals surface area contributed by atoms with Gasteiger partial charge in [0, 0.05) is 19.5 Å². The Bertz CT molecular complexity index is 1990. The van der Waals surface area contributed by atoms with Gasteiger partial charge in [-0.1, -0.05) is 43.7 Å². The number of aromatic nitrogens is 6. The predicted molar refractivity (Wildman–Crippen MR) is 158 cm³/mol. The number of imidazole rings is 1. The van der Waals surface area contributed by atoms with Crippen LogP contribution in [0.3, 0.4) is 0 Å². The fraction of sp³-hybridized carbons (Fsp3) is 0.310. The zero-order chi connectivity index (χ0) is 30.2. The number of sulfonamides is 1. The molecule has 0 unspecified atom stereocenters. The molecule has 0 bridgehead atoms. The Morgan fingerprint density at radius 1 is 1.05 bits per heavy atom. The number of unbranched alkanes of at least 4 members (excludes halogenated alkanes) is 1. The van der Waals surface area contributed by atoms with Gasteiger partial charge in [-0.25, -0.2) is 22.6 Å². The van der Waals surface area contributed by atoms with E-state index in [2.05, 4.69) is 24.8 Å². The lowest BCUT2D eigenvalue weighted by molar-refractivity contribution is 0.598. The normalized spacial score (nSPS) is 12.6. The largest absolute Gasteiger partial charge is 0.336 e. The van der Waals surface area contributed by atoms with Crippen LogP contribution >= 0.6 is 0 Å². The van der Waals surface area contributed by atoms with Crippen LogP contribution in [0.1, 0.15) is 54.0 Å². The summed E-state index contributed by atoms with van der Waals surface area (Å²) in [5.74, 6) is -0.636. The predicted octanol–water partition coefficient (Wildman–Crippen LogP) is 3.88. The second kappa shape index (κ2) is 11.4. The van der Waals surface area contributed by atoms with Crippen molar-refractivity contribution in [2.24, 2.45) is 7.05 Å². The highest BCUT2D eigenvalue weighted by molar-refractivity contribution is 7.92. The molecule has 2 aromatic carbocycles. The number of halogens is 1. The Labute approximate surface area is 241 Å². The first-order chi connectivity index (χ1) is 20.0. The Morgan fingerprint density at radius 3 is 2.40 bits per heavy atom. The summed E-state index contributed by atoms with van der Waals surface area (Å²) in [4.78, 5) is 35.4. The van der Waals surface area contributed by atoms with E-state index in [-0.39, 0.29) is 22.5 Å². The SMILES string of the molecule is CCCCn1c(=O)[nH]c(=O)c2[nH]c([C@H](Cc3ccccc3F)c3ccc(S(=O)(=O)Nc4c(C)nn(C)c4C)cc3)nc21. The van der Waals surface area contributed by atoms with Gasteiger partial charge >= 0.3 is 5.69 Å². The topological polar surface area (TPSA) is 148 Å². The summed E-state index contributed by atoms with van der Waals surface area (Å²) >= 11 is 0. The van der Waals surface area contributed by atoms with Crippen LogP contribution in [-0.4, -0.2) is 37.7 Å². The molecular formula is C29H32FN7O4S. The molecule has 0 radical (unpaired) electrons. The number of aromatic amines is 2. The molecule has 0 amide bonds. The van der Waals surface area contributed by atoms with Crippen molar-refractivity contribution in [2.75, 3.05) is 4.72 Å². The van der Waals surface area contributed by atoms with Crippen LogP contribution in [0.15, 0.2) is 63.0 Å². The number of nitrogens with one attached hydrogen (secondary N) is 3. The second-order valence-electron chi connectivity index (χ2n) is 10.3. The standard InChI is InChI=1S/C29H32FN7O4S/c1-5-6-15-37-27-25(28(38)33-29(37)39)31-26(32-27)22(16-20-9-7-8-10-23(20)30)19-11-13-21(14-12-19)42(40,41)35-24-17(2)34-36(4)18(24)3/h7-14,22,35H,5-6,15-16H2,1-4H3,(H,31,32)(H,33,38,39)/t22-/m1/s1. The molecule has 3 N–H and O–H groups in total. The van der Waals surface area contributed by atoms with Gasteiger partial charge in [0.05, 0.1) is 22.0 Å². The van der Waals surface area contributed by atoms with E-state index in [1.807, 2.05) is 6.92 Å². The number of nitrogens with zero attached hydrogens (tertiary/aromatic N) is 4. The van der Waals surface area contributed by atoms with Gasteiger partial charge in [0.15, 0.2) is 5.65 Å². The Hall–Kier alpha value is -4.52. The molecular weight excluding hydrogens is 561 g/mol. The molecule has 0 aliphatic rings. The maximum absolute atomic E-state index is 14.8. The zero-order valence-electron chi connectivity index (χ0n) is 23.7. The van der Waals surface area contributed by atoms with E-state index in [1.165, 1.54) is 22.8 Å². The Balaban J connectivity index is 1.57. The quantitative estimate of drug-likeness (QED) is 0.224. The summed E-state index contributed by atoms with van der Waals surface area (Å²) in [7, 11) is -2.20. The number of rotatable bonds is 10. The number of fused-ring (bicyclic) bond motifs is 1. The van der Waals surface area contributed by atoms with Crippen LogP contribution in [0.5, 0.6) is 0 Å². The van der Waals surface area contributed by atoms with E-state index in [0.717, 1.165) is 6.42 Å². The van der Waals surface area contributed by atoms with Crippen molar-refractivity contribution in [3.05, 3.63) is 104 Å². The maximum atomic E-state index is 14.8.